The second kappa shape index (κ2) is 7.18. The van der Waals surface area contributed by atoms with Gasteiger partial charge in [-0.05, 0) is 30.3 Å². The van der Waals surface area contributed by atoms with Gasteiger partial charge >= 0.3 is 0 Å². The molecule has 0 spiro atoms. The Kier molecular flexibility index (Phi) is 5.05. The lowest BCUT2D eigenvalue weighted by Crippen LogP contribution is -2.21. The van der Waals surface area contributed by atoms with Crippen molar-refractivity contribution in [1.82, 2.24) is 0 Å². The van der Waals surface area contributed by atoms with Crippen LogP contribution in [0.25, 0.3) is 0 Å². The molecule has 0 aromatic heterocycles. The third-order valence-corrected chi connectivity index (χ3v) is 2.92. The zero-order chi connectivity index (χ0) is 17.7. The van der Waals surface area contributed by atoms with Gasteiger partial charge in [0.05, 0.1) is 11.0 Å². The zero-order valence-electron chi connectivity index (χ0n) is 12.2. The summed E-state index contributed by atoms with van der Waals surface area (Å²) in [7, 11) is 0. The van der Waals surface area contributed by atoms with Crippen LogP contribution in [0.5, 0.6) is 5.75 Å². The van der Waals surface area contributed by atoms with Crippen LogP contribution in [0, 0.1) is 15.9 Å². The number of nitrogens with two attached hydrogens (primary N) is 1. The van der Waals surface area contributed by atoms with E-state index in [0.29, 0.717) is 6.07 Å². The van der Waals surface area contributed by atoms with E-state index in [9.17, 15) is 24.1 Å². The number of carbonyl (C=O) groups excluding carboxylic acids is 2. The molecule has 2 rings (SSSR count). The minimum Gasteiger partial charge on any atom is -0.484 e. The Hall–Kier alpha value is -3.49. The number of benzene rings is 2. The first-order chi connectivity index (χ1) is 11.4. The molecule has 24 heavy (non-hydrogen) atoms. The zero-order valence-corrected chi connectivity index (χ0v) is 12.2. The summed E-state index contributed by atoms with van der Waals surface area (Å²) in [6.45, 7) is -0.462. The van der Waals surface area contributed by atoms with Gasteiger partial charge in [-0.2, -0.15) is 0 Å². The number of primary amides is 1. The summed E-state index contributed by atoms with van der Waals surface area (Å²) < 4.78 is 18.2. The summed E-state index contributed by atoms with van der Waals surface area (Å²) in [6.07, 6.45) is 0. The van der Waals surface area contributed by atoms with Gasteiger partial charge in [0.25, 0.3) is 11.6 Å². The summed E-state index contributed by atoms with van der Waals surface area (Å²) in [5.41, 5.74) is 4.62. The van der Waals surface area contributed by atoms with Gasteiger partial charge in [-0.1, -0.05) is 6.07 Å². The maximum Gasteiger partial charge on any atom is 0.295 e. The third-order valence-electron chi connectivity index (χ3n) is 2.92. The Morgan fingerprint density at radius 3 is 2.67 bits per heavy atom. The fourth-order valence-electron chi connectivity index (χ4n) is 1.84. The highest BCUT2D eigenvalue weighted by Crippen LogP contribution is 2.25. The number of hydrogen-bond acceptors (Lipinski definition) is 5. The number of nitro groups is 1. The topological polar surface area (TPSA) is 125 Å². The van der Waals surface area contributed by atoms with Crippen LogP contribution >= 0.6 is 0 Å². The van der Waals surface area contributed by atoms with E-state index in [1.807, 2.05) is 0 Å². The van der Waals surface area contributed by atoms with Gasteiger partial charge < -0.3 is 15.8 Å². The van der Waals surface area contributed by atoms with Crippen molar-refractivity contribution in [2.24, 2.45) is 5.73 Å². The number of hydrogen-bond donors (Lipinski definition) is 2. The average Bonchev–Trinajstić information content (AvgIpc) is 2.54. The number of nitrogens with zero attached hydrogens (tertiary/aromatic N) is 1. The molecular weight excluding hydrogens is 321 g/mol. The van der Waals surface area contributed by atoms with Gasteiger partial charge in [-0.3, -0.25) is 19.7 Å². The molecule has 2 aromatic rings. The first kappa shape index (κ1) is 16.9. The Morgan fingerprint density at radius 1 is 1.25 bits per heavy atom. The number of nitrogens with one attached hydrogen (secondary N) is 1. The van der Waals surface area contributed by atoms with Gasteiger partial charge in [0.1, 0.15) is 17.3 Å². The number of carbonyl (C=O) groups is 2. The molecule has 0 radical (unpaired) electrons. The van der Waals surface area contributed by atoms with E-state index in [1.165, 1.54) is 24.3 Å². The largest absolute Gasteiger partial charge is 0.484 e. The van der Waals surface area contributed by atoms with E-state index in [1.54, 1.807) is 0 Å². The van der Waals surface area contributed by atoms with E-state index in [4.69, 9.17) is 10.5 Å². The van der Waals surface area contributed by atoms with Gasteiger partial charge in [-0.15, -0.1) is 0 Å². The Morgan fingerprint density at radius 2 is 2.00 bits per heavy atom. The SMILES string of the molecule is NC(=O)c1cccc(OCC(=O)Nc2ccc(F)cc2[N+](=O)[O-])c1. The van der Waals surface area contributed by atoms with Gasteiger partial charge in [-0.25, -0.2) is 4.39 Å². The summed E-state index contributed by atoms with van der Waals surface area (Å²) in [4.78, 5) is 32.9. The van der Waals surface area contributed by atoms with Crippen LogP contribution in [-0.4, -0.2) is 23.3 Å². The molecule has 0 atom stereocenters. The average molecular weight is 333 g/mol. The number of anilines is 1. The predicted molar refractivity (Wildman–Crippen MR) is 82.1 cm³/mol. The van der Waals surface area contributed by atoms with Gasteiger partial charge in [0.2, 0.25) is 5.91 Å². The molecule has 0 fully saturated rings. The highest BCUT2D eigenvalue weighted by Gasteiger charge is 2.17. The Balaban J connectivity index is 2.03. The molecule has 3 N–H and O–H groups in total. The maximum atomic E-state index is 13.0. The molecule has 0 saturated carbocycles. The van der Waals surface area contributed by atoms with E-state index < -0.39 is 34.8 Å². The van der Waals surface area contributed by atoms with Crippen molar-refractivity contribution in [3.8, 4) is 5.75 Å². The van der Waals surface area contributed by atoms with Crippen molar-refractivity contribution in [1.29, 1.82) is 0 Å². The standard InChI is InChI=1S/C15H12FN3O5/c16-10-4-5-12(13(7-10)19(22)23)18-14(20)8-24-11-3-1-2-9(6-11)15(17)21/h1-7H,8H2,(H2,17,21)(H,18,20). The van der Waals surface area contributed by atoms with E-state index in [-0.39, 0.29) is 17.0 Å². The first-order valence-electron chi connectivity index (χ1n) is 6.63. The molecule has 0 unspecified atom stereocenters. The van der Waals surface area contributed by atoms with Gasteiger partial charge in [0.15, 0.2) is 6.61 Å². The van der Waals surface area contributed by atoms with Crippen molar-refractivity contribution in [3.63, 3.8) is 0 Å². The van der Waals surface area contributed by atoms with Crippen molar-refractivity contribution in [2.75, 3.05) is 11.9 Å². The molecule has 8 nitrogen and oxygen atoms in total. The number of halogens is 1. The van der Waals surface area contributed by atoms with E-state index in [0.717, 1.165) is 12.1 Å². The van der Waals surface area contributed by atoms with Crippen LogP contribution in [0.4, 0.5) is 15.8 Å². The lowest BCUT2D eigenvalue weighted by Gasteiger charge is -2.08. The fourth-order valence-corrected chi connectivity index (χ4v) is 1.84. The van der Waals surface area contributed by atoms with Crippen LogP contribution in [0.1, 0.15) is 10.4 Å². The molecule has 124 valence electrons. The first-order valence-corrected chi connectivity index (χ1v) is 6.63. The Labute approximate surface area is 135 Å². The highest BCUT2D eigenvalue weighted by atomic mass is 19.1. The molecule has 0 saturated heterocycles. The Bertz CT molecular complexity index is 809. The molecular formula is C15H12FN3O5. The lowest BCUT2D eigenvalue weighted by molar-refractivity contribution is -0.384. The van der Waals surface area contributed by atoms with Crippen LogP contribution in [0.3, 0.4) is 0 Å². The van der Waals surface area contributed by atoms with Crippen LogP contribution in [0.15, 0.2) is 42.5 Å². The highest BCUT2D eigenvalue weighted by molar-refractivity contribution is 5.94. The molecule has 0 heterocycles. The summed E-state index contributed by atoms with van der Waals surface area (Å²) in [5, 5.41) is 13.1. The van der Waals surface area contributed by atoms with Crippen LogP contribution < -0.4 is 15.8 Å². The van der Waals surface area contributed by atoms with Crippen molar-refractivity contribution < 1.29 is 23.6 Å². The second-order valence-electron chi connectivity index (χ2n) is 4.65. The summed E-state index contributed by atoms with van der Waals surface area (Å²) in [6, 6.07) is 8.65. The predicted octanol–water partition coefficient (Wildman–Crippen LogP) is 1.85. The van der Waals surface area contributed by atoms with Crippen molar-refractivity contribution >= 4 is 23.2 Å². The smallest absolute Gasteiger partial charge is 0.295 e. The van der Waals surface area contributed by atoms with E-state index in [2.05, 4.69) is 5.32 Å². The number of amides is 2. The normalized spacial score (nSPS) is 10.0. The molecule has 9 heteroatoms. The molecule has 0 bridgehead atoms. The molecule has 2 aromatic carbocycles. The lowest BCUT2D eigenvalue weighted by atomic mass is 10.2. The van der Waals surface area contributed by atoms with Crippen molar-refractivity contribution in [3.05, 3.63) is 64.0 Å². The number of nitro benzene ring substituents is 1. The monoisotopic (exact) mass is 333 g/mol. The molecule has 0 aliphatic heterocycles. The summed E-state index contributed by atoms with van der Waals surface area (Å²) >= 11 is 0. The molecule has 0 aliphatic carbocycles. The maximum absolute atomic E-state index is 13.0. The van der Waals surface area contributed by atoms with E-state index >= 15 is 0 Å². The van der Waals surface area contributed by atoms with Gasteiger partial charge in [0, 0.05) is 5.56 Å². The van der Waals surface area contributed by atoms with Crippen LogP contribution in [-0.2, 0) is 4.79 Å². The van der Waals surface area contributed by atoms with Crippen LogP contribution in [0.2, 0.25) is 0 Å². The number of rotatable bonds is 6. The molecule has 2 amide bonds. The fraction of sp³-hybridized carbons (Fsp3) is 0.0667. The minimum absolute atomic E-state index is 0.152. The minimum atomic E-state index is -0.810. The quantitative estimate of drug-likeness (QED) is 0.616. The second-order valence-corrected chi connectivity index (χ2v) is 4.65. The third kappa shape index (κ3) is 4.26. The summed E-state index contributed by atoms with van der Waals surface area (Å²) in [5.74, 6) is -1.89. The van der Waals surface area contributed by atoms with Crippen molar-refractivity contribution in [2.45, 2.75) is 0 Å². The number of ether oxygens (including phenoxy) is 1. The molecule has 0 aliphatic rings.